The SMILES string of the molecule is CCC1C=c2[nH]c(O)c(C(C)=NC(=N)/C=C(/C)NC)c2=CC1c1cc(F)ccc1C. The second-order valence-electron chi connectivity index (χ2n) is 7.77. The lowest BCUT2D eigenvalue weighted by molar-refractivity contribution is 0.455. The molecule has 1 aromatic carbocycles. The fraction of sp³-hybridized carbons (Fsp3) is 0.333. The maximum Gasteiger partial charge on any atom is 0.198 e. The number of nitrogens with one attached hydrogen (secondary N) is 3. The number of aromatic hydroxyl groups is 1. The van der Waals surface area contributed by atoms with Crippen LogP contribution in [0.2, 0.25) is 0 Å². The molecule has 0 saturated carbocycles. The smallest absolute Gasteiger partial charge is 0.198 e. The van der Waals surface area contributed by atoms with Crippen molar-refractivity contribution < 1.29 is 9.50 Å². The van der Waals surface area contributed by atoms with E-state index in [9.17, 15) is 9.50 Å². The second kappa shape index (κ2) is 8.69. The van der Waals surface area contributed by atoms with Crippen LogP contribution in [0.1, 0.15) is 49.8 Å². The number of benzene rings is 1. The molecular formula is C24H29FN4O. The Kier molecular flexibility index (Phi) is 6.25. The number of aromatic nitrogens is 1. The Balaban J connectivity index is 2.16. The number of aromatic amines is 1. The summed E-state index contributed by atoms with van der Waals surface area (Å²) in [6.07, 6.45) is 6.71. The van der Waals surface area contributed by atoms with Crippen LogP contribution in [0.15, 0.2) is 35.0 Å². The van der Waals surface area contributed by atoms with Gasteiger partial charge in [-0.1, -0.05) is 25.1 Å². The number of amidine groups is 1. The molecule has 3 rings (SSSR count). The molecule has 2 atom stereocenters. The summed E-state index contributed by atoms with van der Waals surface area (Å²) < 4.78 is 14.0. The molecule has 158 valence electrons. The summed E-state index contributed by atoms with van der Waals surface area (Å²) in [6.45, 7) is 7.73. The van der Waals surface area contributed by atoms with Gasteiger partial charge in [0, 0.05) is 35.3 Å². The second-order valence-corrected chi connectivity index (χ2v) is 7.77. The molecular weight excluding hydrogens is 379 g/mol. The molecule has 0 spiro atoms. The molecule has 0 fully saturated rings. The Morgan fingerprint density at radius 1 is 1.33 bits per heavy atom. The lowest BCUT2D eigenvalue weighted by atomic mass is 9.79. The lowest BCUT2D eigenvalue weighted by Crippen LogP contribution is -2.34. The van der Waals surface area contributed by atoms with Crippen LogP contribution in [-0.2, 0) is 0 Å². The molecule has 0 saturated heterocycles. The van der Waals surface area contributed by atoms with Crippen LogP contribution >= 0.6 is 0 Å². The summed E-state index contributed by atoms with van der Waals surface area (Å²) in [4.78, 5) is 7.40. The first-order valence-electron chi connectivity index (χ1n) is 10.2. The van der Waals surface area contributed by atoms with Crippen LogP contribution in [0.25, 0.3) is 12.2 Å². The minimum Gasteiger partial charge on any atom is -0.494 e. The standard InChI is InChI=1S/C24H29FN4O/c1-6-16-10-21-20(12-19(16)18-11-17(25)8-7-13(18)2)23(24(30)29-21)15(4)28-22(26)9-14(3)27-5/h7-12,16,19,26-27,29-30H,6H2,1-5H3/b14-9-,26-22?,28-15?. The summed E-state index contributed by atoms with van der Waals surface area (Å²) in [5, 5.41) is 23.3. The van der Waals surface area contributed by atoms with Gasteiger partial charge >= 0.3 is 0 Å². The summed E-state index contributed by atoms with van der Waals surface area (Å²) in [5.74, 6) is 0.0472. The number of allylic oxidation sites excluding steroid dienone is 1. The number of fused-ring (bicyclic) bond motifs is 1. The van der Waals surface area contributed by atoms with Gasteiger partial charge in [-0.25, -0.2) is 9.38 Å². The summed E-state index contributed by atoms with van der Waals surface area (Å²) in [6, 6.07) is 4.89. The normalized spacial score (nSPS) is 19.0. The first-order chi connectivity index (χ1) is 14.2. The van der Waals surface area contributed by atoms with Gasteiger partial charge in [0.05, 0.1) is 11.3 Å². The number of nitrogens with zero attached hydrogens (tertiary/aromatic N) is 1. The molecule has 2 unspecified atom stereocenters. The van der Waals surface area contributed by atoms with E-state index in [1.54, 1.807) is 32.2 Å². The van der Waals surface area contributed by atoms with Crippen LogP contribution in [-0.4, -0.2) is 28.7 Å². The minimum absolute atomic E-state index is 0.00849. The highest BCUT2D eigenvalue weighted by molar-refractivity contribution is 6.09. The van der Waals surface area contributed by atoms with Crippen molar-refractivity contribution in [2.75, 3.05) is 7.05 Å². The molecule has 0 aliphatic heterocycles. The number of rotatable bonds is 5. The molecule has 0 bridgehead atoms. The van der Waals surface area contributed by atoms with Gasteiger partial charge in [-0.3, -0.25) is 5.41 Å². The third-order valence-corrected chi connectivity index (χ3v) is 5.71. The Hall–Kier alpha value is -3.15. The third-order valence-electron chi connectivity index (χ3n) is 5.71. The summed E-state index contributed by atoms with van der Waals surface area (Å²) in [7, 11) is 1.79. The topological polar surface area (TPSA) is 84.3 Å². The van der Waals surface area contributed by atoms with Crippen molar-refractivity contribution in [3.63, 3.8) is 0 Å². The van der Waals surface area contributed by atoms with Crippen LogP contribution in [0.4, 0.5) is 4.39 Å². The number of aliphatic imine (C=N–C) groups is 1. The van der Waals surface area contributed by atoms with E-state index >= 15 is 0 Å². The largest absolute Gasteiger partial charge is 0.494 e. The Labute approximate surface area is 176 Å². The van der Waals surface area contributed by atoms with Gasteiger partial charge in [0.1, 0.15) is 11.7 Å². The van der Waals surface area contributed by atoms with Crippen molar-refractivity contribution in [3.8, 4) is 5.88 Å². The van der Waals surface area contributed by atoms with E-state index in [1.807, 2.05) is 13.8 Å². The average Bonchev–Trinajstić information content (AvgIpc) is 3.03. The maximum absolute atomic E-state index is 14.0. The van der Waals surface area contributed by atoms with Crippen LogP contribution < -0.4 is 15.9 Å². The molecule has 5 nitrogen and oxygen atoms in total. The zero-order valence-corrected chi connectivity index (χ0v) is 18.1. The number of aryl methyl sites for hydroxylation is 1. The molecule has 4 N–H and O–H groups in total. The molecule has 30 heavy (non-hydrogen) atoms. The highest BCUT2D eigenvalue weighted by atomic mass is 19.1. The van der Waals surface area contributed by atoms with Gasteiger partial charge < -0.3 is 15.4 Å². The molecule has 1 aliphatic carbocycles. The van der Waals surface area contributed by atoms with Gasteiger partial charge in [0.2, 0.25) is 0 Å². The minimum atomic E-state index is -0.250. The number of halogens is 1. The summed E-state index contributed by atoms with van der Waals surface area (Å²) in [5.41, 5.74) is 3.93. The number of hydrogen-bond donors (Lipinski definition) is 4. The molecule has 2 aromatic rings. The molecule has 0 radical (unpaired) electrons. The van der Waals surface area contributed by atoms with E-state index in [0.29, 0.717) is 11.3 Å². The van der Waals surface area contributed by atoms with Crippen molar-refractivity contribution in [2.24, 2.45) is 10.9 Å². The van der Waals surface area contributed by atoms with E-state index in [-0.39, 0.29) is 29.4 Å². The molecule has 1 heterocycles. The number of hydrogen-bond acceptors (Lipinski definition) is 3. The predicted octanol–water partition coefficient (Wildman–Crippen LogP) is 3.46. The predicted molar refractivity (Wildman–Crippen MR) is 121 cm³/mol. The summed E-state index contributed by atoms with van der Waals surface area (Å²) >= 11 is 0. The molecule has 1 aromatic heterocycles. The first-order valence-corrected chi connectivity index (χ1v) is 10.2. The zero-order valence-electron chi connectivity index (χ0n) is 18.1. The van der Waals surface area contributed by atoms with Crippen molar-refractivity contribution in [1.82, 2.24) is 10.3 Å². The lowest BCUT2D eigenvalue weighted by Gasteiger charge is -2.25. The average molecular weight is 409 g/mol. The van der Waals surface area contributed by atoms with Crippen molar-refractivity contribution in [2.45, 2.75) is 40.0 Å². The van der Waals surface area contributed by atoms with E-state index in [4.69, 9.17) is 5.41 Å². The quantitative estimate of drug-likeness (QED) is 0.451. The monoisotopic (exact) mass is 408 g/mol. The highest BCUT2D eigenvalue weighted by Gasteiger charge is 2.25. The van der Waals surface area contributed by atoms with Gasteiger partial charge in [-0.05, 0) is 56.4 Å². The Bertz CT molecular complexity index is 1160. The molecule has 6 heteroatoms. The van der Waals surface area contributed by atoms with E-state index < -0.39 is 0 Å². The van der Waals surface area contributed by atoms with Crippen molar-refractivity contribution in [3.05, 3.63) is 63.0 Å². The van der Waals surface area contributed by atoms with Crippen LogP contribution in [0.5, 0.6) is 5.88 Å². The van der Waals surface area contributed by atoms with Gasteiger partial charge in [-0.15, -0.1) is 0 Å². The van der Waals surface area contributed by atoms with Gasteiger partial charge in [0.25, 0.3) is 0 Å². The fourth-order valence-corrected chi connectivity index (χ4v) is 4.02. The van der Waals surface area contributed by atoms with E-state index in [2.05, 4.69) is 34.4 Å². The Morgan fingerprint density at radius 3 is 2.73 bits per heavy atom. The van der Waals surface area contributed by atoms with Crippen LogP contribution in [0, 0.1) is 24.1 Å². The van der Waals surface area contributed by atoms with Crippen LogP contribution in [0.3, 0.4) is 0 Å². The van der Waals surface area contributed by atoms with Crippen molar-refractivity contribution in [1.29, 1.82) is 5.41 Å². The zero-order chi connectivity index (χ0) is 22.0. The highest BCUT2D eigenvalue weighted by Crippen LogP contribution is 2.34. The fourth-order valence-electron chi connectivity index (χ4n) is 4.02. The van der Waals surface area contributed by atoms with Crippen molar-refractivity contribution >= 4 is 23.7 Å². The third kappa shape index (κ3) is 4.22. The van der Waals surface area contributed by atoms with Gasteiger partial charge in [0.15, 0.2) is 5.88 Å². The number of H-pyrrole nitrogens is 1. The molecule has 1 aliphatic rings. The van der Waals surface area contributed by atoms with E-state index in [1.165, 1.54) is 6.07 Å². The van der Waals surface area contributed by atoms with E-state index in [0.717, 1.165) is 33.8 Å². The first kappa shape index (κ1) is 21.6. The Morgan fingerprint density at radius 2 is 2.07 bits per heavy atom. The van der Waals surface area contributed by atoms with Gasteiger partial charge in [-0.2, -0.15) is 0 Å². The molecule has 0 amide bonds. The maximum atomic E-state index is 14.0.